The number of nitrogens with one attached hydrogen (secondary N) is 1. The first kappa shape index (κ1) is 20.4. The lowest BCUT2D eigenvalue weighted by Gasteiger charge is -2.12. The topological polar surface area (TPSA) is 59.9 Å². The van der Waals surface area contributed by atoms with Gasteiger partial charge < -0.3 is 9.47 Å². The summed E-state index contributed by atoms with van der Waals surface area (Å²) in [6.07, 6.45) is 1.56. The number of hydrogen-bond acceptors (Lipinski definition) is 4. The number of rotatable bonds is 8. The number of amides is 1. The molecule has 0 fully saturated rings. The molecule has 0 saturated carbocycles. The lowest BCUT2D eigenvalue weighted by atomic mass is 10.2. The second-order valence-electron chi connectivity index (χ2n) is 6.12. The van der Waals surface area contributed by atoms with E-state index in [-0.39, 0.29) is 5.91 Å². The Morgan fingerprint density at radius 2 is 1.76 bits per heavy atom. The number of hydrogen-bond donors (Lipinski definition) is 1. The van der Waals surface area contributed by atoms with Gasteiger partial charge in [0.25, 0.3) is 5.91 Å². The SMILES string of the molecule is CCOc1cc(/C=N\NC(=O)c2ccccc2)ccc1OCc1ccc(Cl)cc1. The van der Waals surface area contributed by atoms with Gasteiger partial charge in [-0.25, -0.2) is 5.43 Å². The molecule has 148 valence electrons. The molecule has 5 nitrogen and oxygen atoms in total. The predicted octanol–water partition coefficient (Wildman–Crippen LogP) is 5.08. The number of benzene rings is 3. The van der Waals surface area contributed by atoms with E-state index < -0.39 is 0 Å². The summed E-state index contributed by atoms with van der Waals surface area (Å²) in [4.78, 5) is 12.0. The molecule has 6 heteroatoms. The van der Waals surface area contributed by atoms with Crippen LogP contribution in [0.5, 0.6) is 11.5 Å². The summed E-state index contributed by atoms with van der Waals surface area (Å²) < 4.78 is 11.6. The lowest BCUT2D eigenvalue weighted by molar-refractivity contribution is 0.0955. The maximum Gasteiger partial charge on any atom is 0.271 e. The number of carbonyl (C=O) groups is 1. The molecule has 3 rings (SSSR count). The first-order valence-corrected chi connectivity index (χ1v) is 9.56. The average Bonchev–Trinajstić information content (AvgIpc) is 2.75. The largest absolute Gasteiger partial charge is 0.490 e. The van der Waals surface area contributed by atoms with Crippen molar-refractivity contribution >= 4 is 23.7 Å². The molecule has 0 atom stereocenters. The minimum atomic E-state index is -0.269. The average molecular weight is 409 g/mol. The van der Waals surface area contributed by atoms with Crippen LogP contribution in [0.25, 0.3) is 0 Å². The maximum atomic E-state index is 12.0. The summed E-state index contributed by atoms with van der Waals surface area (Å²) in [5, 5.41) is 4.70. The van der Waals surface area contributed by atoms with E-state index in [1.807, 2.05) is 55.5 Å². The number of halogens is 1. The van der Waals surface area contributed by atoms with Crippen LogP contribution >= 0.6 is 11.6 Å². The van der Waals surface area contributed by atoms with Gasteiger partial charge in [-0.2, -0.15) is 5.10 Å². The van der Waals surface area contributed by atoms with Crippen LogP contribution in [0.2, 0.25) is 5.02 Å². The fourth-order valence-corrected chi connectivity index (χ4v) is 2.68. The molecule has 0 radical (unpaired) electrons. The van der Waals surface area contributed by atoms with E-state index in [0.717, 1.165) is 11.1 Å². The van der Waals surface area contributed by atoms with E-state index in [1.54, 1.807) is 30.5 Å². The molecule has 0 bridgehead atoms. The van der Waals surface area contributed by atoms with Crippen molar-refractivity contribution in [2.45, 2.75) is 13.5 Å². The molecule has 0 unspecified atom stereocenters. The Bertz CT molecular complexity index is 973. The van der Waals surface area contributed by atoms with Crippen molar-refractivity contribution in [3.05, 3.63) is 94.5 Å². The number of ether oxygens (including phenoxy) is 2. The third-order valence-corrected chi connectivity index (χ3v) is 4.24. The summed E-state index contributed by atoms with van der Waals surface area (Å²) in [5.74, 6) is 0.974. The van der Waals surface area contributed by atoms with Gasteiger partial charge in [-0.3, -0.25) is 4.79 Å². The van der Waals surface area contributed by atoms with E-state index in [1.165, 1.54) is 0 Å². The zero-order valence-corrected chi connectivity index (χ0v) is 16.7. The van der Waals surface area contributed by atoms with E-state index in [4.69, 9.17) is 21.1 Å². The molecule has 3 aromatic rings. The fourth-order valence-electron chi connectivity index (χ4n) is 2.55. The molecule has 0 heterocycles. The number of nitrogens with zero attached hydrogens (tertiary/aromatic N) is 1. The van der Waals surface area contributed by atoms with E-state index in [0.29, 0.717) is 35.3 Å². The molecule has 0 spiro atoms. The summed E-state index contributed by atoms with van der Waals surface area (Å²) in [7, 11) is 0. The van der Waals surface area contributed by atoms with Crippen molar-refractivity contribution in [2.75, 3.05) is 6.61 Å². The fraction of sp³-hybridized carbons (Fsp3) is 0.130. The highest BCUT2D eigenvalue weighted by molar-refractivity contribution is 6.30. The second-order valence-corrected chi connectivity index (χ2v) is 6.56. The van der Waals surface area contributed by atoms with Gasteiger partial charge in [-0.05, 0) is 60.5 Å². The van der Waals surface area contributed by atoms with Gasteiger partial charge >= 0.3 is 0 Å². The van der Waals surface area contributed by atoms with Crippen LogP contribution < -0.4 is 14.9 Å². The van der Waals surface area contributed by atoms with Crippen molar-refractivity contribution in [3.8, 4) is 11.5 Å². The Morgan fingerprint density at radius 1 is 1.00 bits per heavy atom. The maximum absolute atomic E-state index is 12.0. The van der Waals surface area contributed by atoms with Crippen molar-refractivity contribution in [2.24, 2.45) is 5.10 Å². The van der Waals surface area contributed by atoms with Crippen LogP contribution in [-0.2, 0) is 6.61 Å². The van der Waals surface area contributed by atoms with Crippen molar-refractivity contribution in [3.63, 3.8) is 0 Å². The Kier molecular flexibility index (Phi) is 7.25. The molecule has 0 aromatic heterocycles. The molecule has 1 amide bonds. The zero-order valence-electron chi connectivity index (χ0n) is 16.0. The van der Waals surface area contributed by atoms with Crippen LogP contribution in [0, 0.1) is 0 Å². The van der Waals surface area contributed by atoms with Gasteiger partial charge in [0.1, 0.15) is 6.61 Å². The lowest BCUT2D eigenvalue weighted by Crippen LogP contribution is -2.17. The Morgan fingerprint density at radius 3 is 2.48 bits per heavy atom. The van der Waals surface area contributed by atoms with Crippen LogP contribution in [0.3, 0.4) is 0 Å². The predicted molar refractivity (Wildman–Crippen MR) is 115 cm³/mol. The van der Waals surface area contributed by atoms with Crippen LogP contribution in [-0.4, -0.2) is 18.7 Å². The van der Waals surface area contributed by atoms with Gasteiger partial charge in [0.15, 0.2) is 11.5 Å². The monoisotopic (exact) mass is 408 g/mol. The van der Waals surface area contributed by atoms with E-state index in [2.05, 4.69) is 10.5 Å². The van der Waals surface area contributed by atoms with E-state index >= 15 is 0 Å². The quantitative estimate of drug-likeness (QED) is 0.417. The molecular weight excluding hydrogens is 388 g/mol. The zero-order chi connectivity index (χ0) is 20.5. The van der Waals surface area contributed by atoms with Gasteiger partial charge in [0.2, 0.25) is 0 Å². The van der Waals surface area contributed by atoms with Crippen LogP contribution in [0.1, 0.15) is 28.4 Å². The van der Waals surface area contributed by atoms with Crippen molar-refractivity contribution in [1.29, 1.82) is 0 Å². The second kappa shape index (κ2) is 10.3. The highest BCUT2D eigenvalue weighted by atomic mass is 35.5. The third-order valence-electron chi connectivity index (χ3n) is 3.99. The molecule has 29 heavy (non-hydrogen) atoms. The highest BCUT2D eigenvalue weighted by Crippen LogP contribution is 2.29. The van der Waals surface area contributed by atoms with Crippen molar-refractivity contribution in [1.82, 2.24) is 5.43 Å². The molecule has 0 aliphatic rings. The Labute approximate surface area is 174 Å². The summed E-state index contributed by atoms with van der Waals surface area (Å²) >= 11 is 5.91. The van der Waals surface area contributed by atoms with E-state index in [9.17, 15) is 4.79 Å². The van der Waals surface area contributed by atoms with Crippen molar-refractivity contribution < 1.29 is 14.3 Å². The van der Waals surface area contributed by atoms with Gasteiger partial charge in [-0.15, -0.1) is 0 Å². The Balaban J connectivity index is 1.65. The first-order chi connectivity index (χ1) is 14.2. The van der Waals surface area contributed by atoms with Gasteiger partial charge in [0, 0.05) is 10.6 Å². The molecule has 0 saturated heterocycles. The molecular formula is C23H21ClN2O3. The Hall–Kier alpha value is -3.31. The third kappa shape index (κ3) is 6.09. The molecule has 3 aromatic carbocycles. The first-order valence-electron chi connectivity index (χ1n) is 9.18. The summed E-state index contributed by atoms with van der Waals surface area (Å²) in [6, 6.07) is 21.9. The molecule has 1 N–H and O–H groups in total. The normalized spacial score (nSPS) is 10.7. The minimum Gasteiger partial charge on any atom is -0.490 e. The van der Waals surface area contributed by atoms with Crippen LogP contribution in [0.4, 0.5) is 0 Å². The minimum absolute atomic E-state index is 0.269. The molecule has 0 aliphatic carbocycles. The highest BCUT2D eigenvalue weighted by Gasteiger charge is 2.07. The van der Waals surface area contributed by atoms with Gasteiger partial charge in [0.05, 0.1) is 12.8 Å². The van der Waals surface area contributed by atoms with Gasteiger partial charge in [-0.1, -0.05) is 41.9 Å². The van der Waals surface area contributed by atoms with Crippen LogP contribution in [0.15, 0.2) is 77.9 Å². The summed E-state index contributed by atoms with van der Waals surface area (Å²) in [5.41, 5.74) is 4.84. The number of carbonyl (C=O) groups excluding carboxylic acids is 1. The molecule has 0 aliphatic heterocycles. The summed E-state index contributed by atoms with van der Waals surface area (Å²) in [6.45, 7) is 2.81. The standard InChI is InChI=1S/C23H21ClN2O3/c1-2-28-22-14-18(15-25-26-23(27)19-6-4-3-5-7-19)10-13-21(22)29-16-17-8-11-20(24)12-9-17/h3-15H,2,16H2,1H3,(H,26,27)/b25-15-. The smallest absolute Gasteiger partial charge is 0.271 e. The number of hydrazone groups is 1.